The van der Waals surface area contributed by atoms with Gasteiger partial charge in [-0.15, -0.1) is 5.10 Å². The molecule has 0 saturated carbocycles. The van der Waals surface area contributed by atoms with Crippen LogP contribution in [0.5, 0.6) is 0 Å². The highest BCUT2D eigenvalue weighted by Gasteiger charge is 2.23. The fraction of sp³-hybridized carbons (Fsp3) is 0.400. The average Bonchev–Trinajstić information content (AvgIpc) is 3.15. The molecule has 2 N–H and O–H groups in total. The molecule has 1 fully saturated rings. The van der Waals surface area contributed by atoms with Crippen molar-refractivity contribution in [3.8, 4) is 0 Å². The van der Waals surface area contributed by atoms with Crippen LogP contribution >= 0.6 is 12.2 Å². The molecule has 0 atom stereocenters. The van der Waals surface area contributed by atoms with Crippen LogP contribution in [-0.4, -0.2) is 62.5 Å². The lowest BCUT2D eigenvalue weighted by Gasteiger charge is -2.28. The van der Waals surface area contributed by atoms with Crippen molar-refractivity contribution >= 4 is 40.6 Å². The predicted octanol–water partition coefficient (Wildman–Crippen LogP) is 0.565. The molecule has 3 rings (SSSR count). The Hall–Kier alpha value is -3.19. The van der Waals surface area contributed by atoms with Gasteiger partial charge in [-0.3, -0.25) is 25.5 Å². The van der Waals surface area contributed by atoms with Crippen LogP contribution in [0.2, 0.25) is 0 Å². The average molecular weight is 406 g/mol. The standard InChI is InChI=1S/C15H18N8O4S/c1-2-22-19-14(18-20-22)17-15(28)16-13(24)10-3-4-11(12(9-10)23(25)26)21-5-7-27-8-6-21/h3-4,9H,2,5-8H2,1H3,(H2,16,17,19,24,28). The van der Waals surface area contributed by atoms with E-state index in [2.05, 4.69) is 26.0 Å². The summed E-state index contributed by atoms with van der Waals surface area (Å²) in [6.45, 7) is 4.47. The molecule has 0 radical (unpaired) electrons. The number of carbonyl (C=O) groups excluding carboxylic acids is 1. The van der Waals surface area contributed by atoms with Gasteiger partial charge < -0.3 is 9.64 Å². The number of aryl methyl sites for hydroxylation is 1. The normalized spacial score (nSPS) is 13.8. The molecular formula is C15H18N8O4S. The van der Waals surface area contributed by atoms with Crippen LogP contribution in [-0.2, 0) is 11.3 Å². The Balaban J connectivity index is 1.71. The van der Waals surface area contributed by atoms with Crippen molar-refractivity contribution in [3.05, 3.63) is 33.9 Å². The van der Waals surface area contributed by atoms with Gasteiger partial charge in [0, 0.05) is 24.7 Å². The summed E-state index contributed by atoms with van der Waals surface area (Å²) < 4.78 is 5.27. The molecule has 1 saturated heterocycles. The molecule has 0 spiro atoms. The molecule has 148 valence electrons. The fourth-order valence-corrected chi connectivity index (χ4v) is 2.80. The Kier molecular flexibility index (Phi) is 6.06. The van der Waals surface area contributed by atoms with Gasteiger partial charge in [0.05, 0.1) is 24.7 Å². The molecule has 1 aliphatic rings. The predicted molar refractivity (Wildman–Crippen MR) is 103 cm³/mol. The van der Waals surface area contributed by atoms with Crippen LogP contribution < -0.4 is 15.5 Å². The van der Waals surface area contributed by atoms with Crippen molar-refractivity contribution < 1.29 is 14.5 Å². The first-order valence-electron chi connectivity index (χ1n) is 8.49. The third kappa shape index (κ3) is 4.55. The Labute approximate surface area is 165 Å². The van der Waals surface area contributed by atoms with Crippen molar-refractivity contribution in [2.75, 3.05) is 36.5 Å². The van der Waals surface area contributed by atoms with Crippen molar-refractivity contribution in [1.82, 2.24) is 25.5 Å². The summed E-state index contributed by atoms with van der Waals surface area (Å²) in [5, 5.41) is 28.0. The van der Waals surface area contributed by atoms with E-state index in [9.17, 15) is 14.9 Å². The summed E-state index contributed by atoms with van der Waals surface area (Å²) in [5.74, 6) is -0.446. The zero-order valence-electron chi connectivity index (χ0n) is 15.0. The number of nitro groups is 1. The van der Waals surface area contributed by atoms with Crippen molar-refractivity contribution in [2.45, 2.75) is 13.5 Å². The van der Waals surface area contributed by atoms with Crippen molar-refractivity contribution in [3.63, 3.8) is 0 Å². The van der Waals surface area contributed by atoms with Crippen LogP contribution in [0, 0.1) is 10.1 Å². The number of morpholine rings is 1. The summed E-state index contributed by atoms with van der Waals surface area (Å²) in [5.41, 5.74) is 0.407. The molecule has 1 amide bonds. The molecule has 0 bridgehead atoms. The summed E-state index contributed by atoms with van der Waals surface area (Å²) in [6, 6.07) is 4.30. The number of carbonyl (C=O) groups is 1. The highest BCUT2D eigenvalue weighted by atomic mass is 32.1. The van der Waals surface area contributed by atoms with E-state index < -0.39 is 10.8 Å². The fourth-order valence-electron chi connectivity index (χ4n) is 2.62. The number of amides is 1. The Morgan fingerprint density at radius 2 is 2.14 bits per heavy atom. The topological polar surface area (TPSA) is 140 Å². The lowest BCUT2D eigenvalue weighted by Crippen LogP contribution is -2.37. The minimum absolute atomic E-state index is 0.0411. The summed E-state index contributed by atoms with van der Waals surface area (Å²) >= 11 is 5.05. The van der Waals surface area contributed by atoms with E-state index in [0.717, 1.165) is 0 Å². The first kappa shape index (κ1) is 19.6. The van der Waals surface area contributed by atoms with E-state index in [1.807, 2.05) is 11.8 Å². The number of aromatic nitrogens is 4. The number of hydrogen-bond acceptors (Lipinski definition) is 9. The Morgan fingerprint density at radius 3 is 2.79 bits per heavy atom. The molecular weight excluding hydrogens is 388 g/mol. The number of nitrogens with zero attached hydrogens (tertiary/aromatic N) is 6. The van der Waals surface area contributed by atoms with Gasteiger partial charge >= 0.3 is 0 Å². The lowest BCUT2D eigenvalue weighted by molar-refractivity contribution is -0.384. The number of thiocarbonyl (C=S) groups is 1. The monoisotopic (exact) mass is 406 g/mol. The molecule has 2 aromatic rings. The minimum Gasteiger partial charge on any atom is -0.378 e. The molecule has 2 heterocycles. The van der Waals surface area contributed by atoms with E-state index in [4.69, 9.17) is 17.0 Å². The molecule has 13 heteroatoms. The third-order valence-electron chi connectivity index (χ3n) is 3.97. The van der Waals surface area contributed by atoms with Gasteiger partial charge in [-0.25, -0.2) is 0 Å². The van der Waals surface area contributed by atoms with Crippen LogP contribution in [0.1, 0.15) is 17.3 Å². The van der Waals surface area contributed by atoms with Crippen molar-refractivity contribution in [1.29, 1.82) is 0 Å². The van der Waals surface area contributed by atoms with Gasteiger partial charge in [-0.2, -0.15) is 4.80 Å². The highest BCUT2D eigenvalue weighted by molar-refractivity contribution is 7.80. The summed E-state index contributed by atoms with van der Waals surface area (Å²) in [6.07, 6.45) is 0. The molecule has 1 aliphatic heterocycles. The number of anilines is 2. The smallest absolute Gasteiger partial charge is 0.293 e. The molecule has 28 heavy (non-hydrogen) atoms. The van der Waals surface area contributed by atoms with Crippen LogP contribution in [0.25, 0.3) is 0 Å². The number of hydrogen-bond donors (Lipinski definition) is 2. The second kappa shape index (κ2) is 8.67. The van der Waals surface area contributed by atoms with Gasteiger partial charge in [0.1, 0.15) is 5.69 Å². The van der Waals surface area contributed by atoms with Gasteiger partial charge in [0.15, 0.2) is 5.11 Å². The number of ether oxygens (including phenoxy) is 1. The minimum atomic E-state index is -0.586. The number of benzene rings is 1. The number of nitrogens with one attached hydrogen (secondary N) is 2. The van der Waals surface area contributed by atoms with Crippen molar-refractivity contribution in [2.24, 2.45) is 0 Å². The van der Waals surface area contributed by atoms with Gasteiger partial charge in [0.25, 0.3) is 17.5 Å². The van der Waals surface area contributed by atoms with E-state index >= 15 is 0 Å². The van der Waals surface area contributed by atoms with E-state index in [0.29, 0.717) is 38.5 Å². The maximum absolute atomic E-state index is 12.4. The number of rotatable bonds is 5. The molecule has 1 aromatic carbocycles. The summed E-state index contributed by atoms with van der Waals surface area (Å²) in [4.78, 5) is 26.6. The Morgan fingerprint density at radius 1 is 1.39 bits per heavy atom. The van der Waals surface area contributed by atoms with E-state index in [1.54, 1.807) is 6.07 Å². The molecule has 12 nitrogen and oxygen atoms in total. The first-order valence-corrected chi connectivity index (χ1v) is 8.90. The maximum atomic E-state index is 12.4. The second-order valence-corrected chi connectivity index (χ2v) is 6.18. The van der Waals surface area contributed by atoms with Gasteiger partial charge in [-0.05, 0) is 36.5 Å². The number of tetrazole rings is 1. The van der Waals surface area contributed by atoms with E-state index in [-0.39, 0.29) is 22.3 Å². The van der Waals surface area contributed by atoms with Crippen LogP contribution in [0.4, 0.5) is 17.3 Å². The van der Waals surface area contributed by atoms with E-state index in [1.165, 1.54) is 16.9 Å². The lowest BCUT2D eigenvalue weighted by atomic mass is 10.1. The second-order valence-electron chi connectivity index (χ2n) is 5.77. The highest BCUT2D eigenvalue weighted by Crippen LogP contribution is 2.29. The van der Waals surface area contributed by atoms with Gasteiger partial charge in [-0.1, -0.05) is 5.10 Å². The molecule has 0 aliphatic carbocycles. The number of nitro benzene ring substituents is 1. The molecule has 1 aromatic heterocycles. The Bertz CT molecular complexity index is 896. The maximum Gasteiger partial charge on any atom is 0.293 e. The molecule has 0 unspecified atom stereocenters. The largest absolute Gasteiger partial charge is 0.378 e. The zero-order chi connectivity index (χ0) is 20.1. The SMILES string of the molecule is CCn1nnc(NC(=S)NC(=O)c2ccc(N3CCOCC3)c([N+](=O)[O-])c2)n1. The van der Waals surface area contributed by atoms with Crippen LogP contribution in [0.15, 0.2) is 18.2 Å². The van der Waals surface area contributed by atoms with Crippen LogP contribution in [0.3, 0.4) is 0 Å². The first-order chi connectivity index (χ1) is 13.5. The summed E-state index contributed by atoms with van der Waals surface area (Å²) in [7, 11) is 0. The quantitative estimate of drug-likeness (QED) is 0.411. The van der Waals surface area contributed by atoms with Gasteiger partial charge in [0.2, 0.25) is 0 Å². The zero-order valence-corrected chi connectivity index (χ0v) is 15.8. The third-order valence-corrected chi connectivity index (χ3v) is 4.18.